The van der Waals surface area contributed by atoms with Gasteiger partial charge in [-0.2, -0.15) is 0 Å². The van der Waals surface area contributed by atoms with E-state index in [4.69, 9.17) is 13.7 Å². The zero-order valence-electron chi connectivity index (χ0n) is 20.4. The zero-order valence-corrected chi connectivity index (χ0v) is 11.2. The summed E-state index contributed by atoms with van der Waals surface area (Å²) >= 11 is 0. The summed E-state index contributed by atoms with van der Waals surface area (Å²) in [5, 5.41) is -1.77. The molecule has 0 aliphatic heterocycles. The lowest BCUT2D eigenvalue weighted by molar-refractivity contribution is -0.137. The van der Waals surface area contributed by atoms with Gasteiger partial charge >= 0.3 is 5.97 Å². The second-order valence-electron chi connectivity index (χ2n) is 3.56. The summed E-state index contributed by atoms with van der Waals surface area (Å²) in [6.07, 6.45) is 0. The fraction of sp³-hybridized carbons (Fsp3) is 0.188. The molecule has 0 fully saturated rings. The smallest absolute Gasteiger partial charge is 0.318 e. The lowest BCUT2D eigenvalue weighted by atomic mass is 10.0. The molecular formula is C16H16O3S. The maximum atomic E-state index is 13.1. The molecule has 0 aromatic heterocycles. The van der Waals surface area contributed by atoms with Crippen molar-refractivity contribution in [3.8, 4) is 0 Å². The highest BCUT2D eigenvalue weighted by Crippen LogP contribution is 2.28. The van der Waals surface area contributed by atoms with E-state index in [9.17, 15) is 9.00 Å². The second-order valence-corrected chi connectivity index (χ2v) is 5.08. The first-order valence-corrected chi connectivity index (χ1v) is 6.82. The normalized spacial score (nSPS) is 19.1. The van der Waals surface area contributed by atoms with E-state index in [1.165, 1.54) is 0 Å². The summed E-state index contributed by atoms with van der Waals surface area (Å²) in [4.78, 5) is 11.7. The average Bonchev–Trinajstić information content (AvgIpc) is 2.72. The van der Waals surface area contributed by atoms with E-state index in [1.54, 1.807) is 0 Å². The number of esters is 1. The van der Waals surface area contributed by atoms with Gasteiger partial charge in [-0.25, -0.2) is 0 Å². The van der Waals surface area contributed by atoms with Crippen molar-refractivity contribution in [2.75, 3.05) is 12.9 Å². The van der Waals surface area contributed by atoms with Gasteiger partial charge in [-0.15, -0.1) is 0 Å². The van der Waals surface area contributed by atoms with Gasteiger partial charge in [0.2, 0.25) is 0 Å². The van der Waals surface area contributed by atoms with Crippen LogP contribution in [0.25, 0.3) is 0 Å². The standard InChI is InChI=1S/C16H16O3S/c1-19-15(17)12-20(18)16(13-8-4-2-5-9-13)14-10-6-3-7-11-14/h2-11,16H,12H2,1H3/t20-/m1/s1/i2D,3D,4D,5D,6D,7D,8D,9D,10D,11D. The molecule has 0 saturated carbocycles. The van der Waals surface area contributed by atoms with E-state index in [0.29, 0.717) is 0 Å². The van der Waals surface area contributed by atoms with Gasteiger partial charge < -0.3 is 4.74 Å². The number of hydrogen-bond donors (Lipinski definition) is 0. The molecule has 0 saturated heterocycles. The number of benzene rings is 2. The maximum absolute atomic E-state index is 13.1. The third-order valence-electron chi connectivity index (χ3n) is 2.31. The van der Waals surface area contributed by atoms with Crippen LogP contribution in [0.5, 0.6) is 0 Å². The van der Waals surface area contributed by atoms with Crippen molar-refractivity contribution < 1.29 is 27.4 Å². The van der Waals surface area contributed by atoms with Gasteiger partial charge in [-0.3, -0.25) is 9.00 Å². The van der Waals surface area contributed by atoms with Crippen molar-refractivity contribution in [3.05, 3.63) is 71.6 Å². The minimum atomic E-state index is -2.39. The number of carbonyl (C=O) groups excluding carboxylic acids is 1. The lowest BCUT2D eigenvalue weighted by Crippen LogP contribution is -2.18. The minimum absolute atomic E-state index is 0.540. The Kier molecular flexibility index (Phi) is 2.18. The summed E-state index contributed by atoms with van der Waals surface area (Å²) in [6, 6.07) is -7.45. The molecule has 0 aliphatic carbocycles. The molecule has 0 amide bonds. The van der Waals surface area contributed by atoms with Crippen LogP contribution < -0.4 is 0 Å². The monoisotopic (exact) mass is 298 g/mol. The Morgan fingerprint density at radius 3 is 1.95 bits per heavy atom. The van der Waals surface area contributed by atoms with E-state index < -0.39 is 99.3 Å². The molecule has 0 spiro atoms. The SMILES string of the molecule is [2H]c1c([2H])c([2H])c(C(c2c([2H])c([2H])c([2H])c([2H])c2[2H])[S@](=O)CC(=O)OC)c([2H])c1[2H]. The predicted octanol–water partition coefficient (Wildman–Crippen LogP) is 2.70. The Morgan fingerprint density at radius 2 is 1.55 bits per heavy atom. The van der Waals surface area contributed by atoms with Crippen molar-refractivity contribution >= 4 is 16.8 Å². The van der Waals surface area contributed by atoms with Gasteiger partial charge in [0.1, 0.15) is 5.75 Å². The average molecular weight is 298 g/mol. The predicted molar refractivity (Wildman–Crippen MR) is 79.8 cm³/mol. The van der Waals surface area contributed by atoms with Crippen LogP contribution in [-0.2, 0) is 20.3 Å². The quantitative estimate of drug-likeness (QED) is 0.797. The third kappa shape index (κ3) is 3.54. The van der Waals surface area contributed by atoms with Gasteiger partial charge in [0, 0.05) is 10.8 Å². The highest BCUT2D eigenvalue weighted by molar-refractivity contribution is 7.86. The summed E-state index contributed by atoms with van der Waals surface area (Å²) in [7, 11) is -1.36. The van der Waals surface area contributed by atoms with E-state index in [-0.39, 0.29) is 0 Å². The molecule has 0 bridgehead atoms. The molecule has 1 atom stereocenters. The Hall–Kier alpha value is -1.94. The van der Waals surface area contributed by atoms with Crippen molar-refractivity contribution in [3.63, 3.8) is 0 Å². The molecule has 2 rings (SSSR count). The summed E-state index contributed by atoms with van der Waals surface area (Å²) < 4.78 is 96.9. The molecule has 104 valence electrons. The number of rotatable bonds is 5. The third-order valence-corrected chi connectivity index (χ3v) is 3.83. The van der Waals surface area contributed by atoms with Gasteiger partial charge in [-0.1, -0.05) is 60.4 Å². The molecule has 4 heteroatoms. The molecule has 0 aliphatic rings. The largest absolute Gasteiger partial charge is 0.468 e. The van der Waals surface area contributed by atoms with Crippen molar-refractivity contribution in [2.24, 2.45) is 0 Å². The molecule has 0 unspecified atom stereocenters. The van der Waals surface area contributed by atoms with E-state index in [0.717, 1.165) is 7.11 Å². The van der Waals surface area contributed by atoms with E-state index in [2.05, 4.69) is 4.74 Å². The van der Waals surface area contributed by atoms with Crippen LogP contribution in [-0.4, -0.2) is 23.0 Å². The van der Waals surface area contributed by atoms with Crippen LogP contribution in [0.2, 0.25) is 0 Å². The topological polar surface area (TPSA) is 43.4 Å². The second kappa shape index (κ2) is 7.01. The van der Waals surface area contributed by atoms with Gasteiger partial charge in [0.25, 0.3) is 0 Å². The van der Waals surface area contributed by atoms with Gasteiger partial charge in [0.05, 0.1) is 26.1 Å². The molecule has 0 heterocycles. The Balaban J connectivity index is 2.98. The Labute approximate surface area is 135 Å². The van der Waals surface area contributed by atoms with E-state index >= 15 is 0 Å². The Morgan fingerprint density at radius 1 is 1.10 bits per heavy atom. The van der Waals surface area contributed by atoms with E-state index in [1.807, 2.05) is 0 Å². The fourth-order valence-corrected chi connectivity index (χ4v) is 2.73. The highest BCUT2D eigenvalue weighted by atomic mass is 32.2. The molecule has 3 nitrogen and oxygen atoms in total. The van der Waals surface area contributed by atoms with Gasteiger partial charge in [0.15, 0.2) is 0 Å². The maximum Gasteiger partial charge on any atom is 0.318 e. The summed E-state index contributed by atoms with van der Waals surface area (Å²) in [5.41, 5.74) is -1.08. The van der Waals surface area contributed by atoms with Crippen LogP contribution >= 0.6 is 0 Å². The first-order chi connectivity index (χ1) is 13.9. The van der Waals surface area contributed by atoms with Crippen LogP contribution in [0.15, 0.2) is 60.4 Å². The Bertz CT molecular complexity index is 945. The zero-order chi connectivity index (χ0) is 23.1. The number of ether oxygens (including phenoxy) is 1. The number of carbonyl (C=O) groups is 1. The number of hydrogen-bond acceptors (Lipinski definition) is 3. The van der Waals surface area contributed by atoms with Crippen molar-refractivity contribution in [1.29, 1.82) is 0 Å². The molecule has 2 aromatic carbocycles. The highest BCUT2D eigenvalue weighted by Gasteiger charge is 2.23. The van der Waals surface area contributed by atoms with Gasteiger partial charge in [-0.05, 0) is 11.1 Å². The fourth-order valence-electron chi connectivity index (χ4n) is 1.45. The van der Waals surface area contributed by atoms with Crippen molar-refractivity contribution in [1.82, 2.24) is 0 Å². The number of methoxy groups -OCH3 is 1. The summed E-state index contributed by atoms with van der Waals surface area (Å²) in [6.45, 7) is 0. The first kappa shape index (κ1) is 6.22. The molecule has 0 radical (unpaired) electrons. The van der Waals surface area contributed by atoms with Crippen LogP contribution in [0.1, 0.15) is 30.1 Å². The molecule has 0 N–H and O–H groups in total. The minimum Gasteiger partial charge on any atom is -0.468 e. The first-order valence-electron chi connectivity index (χ1n) is 10.4. The molecule has 20 heavy (non-hydrogen) atoms. The summed E-state index contributed by atoms with van der Waals surface area (Å²) in [5.74, 6) is -1.73. The van der Waals surface area contributed by atoms with Crippen LogP contribution in [0, 0.1) is 0 Å². The van der Waals surface area contributed by atoms with Crippen LogP contribution in [0.4, 0.5) is 0 Å². The van der Waals surface area contributed by atoms with Crippen molar-refractivity contribution in [2.45, 2.75) is 5.25 Å². The van der Waals surface area contributed by atoms with Crippen LogP contribution in [0.3, 0.4) is 0 Å². The molecule has 2 aromatic rings. The molecular weight excluding hydrogens is 272 g/mol. The lowest BCUT2D eigenvalue weighted by Gasteiger charge is -2.17.